The summed E-state index contributed by atoms with van der Waals surface area (Å²) in [6, 6.07) is 20.7. The molecule has 0 aliphatic carbocycles. The van der Waals surface area contributed by atoms with Crippen LogP contribution in [-0.4, -0.2) is 43.6 Å². The van der Waals surface area contributed by atoms with Crippen molar-refractivity contribution in [1.29, 1.82) is 5.26 Å². The second-order valence-electron chi connectivity index (χ2n) is 12.0. The molecule has 1 heterocycles. The maximum Gasteiger partial charge on any atom is 0.408 e. The predicted molar refractivity (Wildman–Crippen MR) is 169 cm³/mol. The van der Waals surface area contributed by atoms with E-state index in [0.717, 1.165) is 33.5 Å². The first-order valence-corrected chi connectivity index (χ1v) is 14.5. The molecule has 0 radical (unpaired) electrons. The molecule has 9 heteroatoms. The Morgan fingerprint density at radius 3 is 2.39 bits per heavy atom. The van der Waals surface area contributed by atoms with Crippen molar-refractivity contribution in [2.24, 2.45) is 0 Å². The first-order chi connectivity index (χ1) is 20.8. The van der Waals surface area contributed by atoms with Crippen LogP contribution in [0.25, 0.3) is 11.3 Å². The van der Waals surface area contributed by atoms with Crippen LogP contribution in [0, 0.1) is 25.2 Å². The number of aromatic amines is 1. The second-order valence-corrected chi connectivity index (χ2v) is 12.0. The Morgan fingerprint density at radius 2 is 1.75 bits per heavy atom. The van der Waals surface area contributed by atoms with Crippen molar-refractivity contribution >= 4 is 12.0 Å². The molecular formula is C35H39N5O4. The number of imidazole rings is 1. The average Bonchev–Trinajstić information content (AvgIpc) is 3.46. The number of phenolic OH excluding ortho intramolecular Hbond substituents is 1. The van der Waals surface area contributed by atoms with E-state index >= 15 is 0 Å². The van der Waals surface area contributed by atoms with Crippen LogP contribution >= 0.6 is 0 Å². The van der Waals surface area contributed by atoms with E-state index in [4.69, 9.17) is 9.72 Å². The topological polar surface area (TPSA) is 131 Å². The number of nitriles is 1. The molecule has 1 aromatic heterocycles. The molecule has 44 heavy (non-hydrogen) atoms. The van der Waals surface area contributed by atoms with E-state index in [2.05, 4.69) is 16.4 Å². The van der Waals surface area contributed by atoms with E-state index in [1.54, 1.807) is 62.2 Å². The molecule has 0 aliphatic rings. The van der Waals surface area contributed by atoms with Gasteiger partial charge in [0.05, 0.1) is 23.4 Å². The van der Waals surface area contributed by atoms with E-state index in [1.807, 2.05) is 57.2 Å². The van der Waals surface area contributed by atoms with Gasteiger partial charge in [-0.3, -0.25) is 4.79 Å². The number of nitrogens with zero attached hydrogens (tertiary/aromatic N) is 3. The third-order valence-electron chi connectivity index (χ3n) is 7.30. The number of amides is 2. The normalized spacial score (nSPS) is 12.6. The van der Waals surface area contributed by atoms with Gasteiger partial charge in [-0.1, -0.05) is 42.5 Å². The van der Waals surface area contributed by atoms with Crippen molar-refractivity contribution in [3.05, 3.63) is 107 Å². The van der Waals surface area contributed by atoms with Crippen molar-refractivity contribution in [1.82, 2.24) is 20.2 Å². The van der Waals surface area contributed by atoms with Gasteiger partial charge < -0.3 is 25.0 Å². The molecule has 2 atom stereocenters. The van der Waals surface area contributed by atoms with Gasteiger partial charge in [0.2, 0.25) is 5.91 Å². The molecule has 228 valence electrons. The van der Waals surface area contributed by atoms with Gasteiger partial charge in [-0.2, -0.15) is 5.26 Å². The molecule has 9 nitrogen and oxygen atoms in total. The van der Waals surface area contributed by atoms with Crippen molar-refractivity contribution in [3.8, 4) is 23.1 Å². The third-order valence-corrected chi connectivity index (χ3v) is 7.30. The zero-order valence-corrected chi connectivity index (χ0v) is 26.0. The molecule has 0 fully saturated rings. The fourth-order valence-electron chi connectivity index (χ4n) is 5.14. The minimum Gasteiger partial charge on any atom is -0.508 e. The number of hydrogen-bond acceptors (Lipinski definition) is 6. The van der Waals surface area contributed by atoms with E-state index in [1.165, 1.54) is 0 Å². The first kappa shape index (κ1) is 31.8. The number of aromatic hydroxyl groups is 1. The molecule has 4 aromatic rings. The Morgan fingerprint density at radius 1 is 1.07 bits per heavy atom. The highest BCUT2D eigenvalue weighted by Gasteiger charge is 2.33. The van der Waals surface area contributed by atoms with Gasteiger partial charge >= 0.3 is 6.09 Å². The van der Waals surface area contributed by atoms with Gasteiger partial charge in [0, 0.05) is 24.7 Å². The van der Waals surface area contributed by atoms with E-state index in [-0.39, 0.29) is 24.6 Å². The number of aryl methyl sites for hydroxylation is 2. The number of H-pyrrole nitrogens is 1. The summed E-state index contributed by atoms with van der Waals surface area (Å²) in [5.74, 6) is 0.350. The standard InChI is InChI=1S/C35H39N5O4/c1-22-15-28(41)16-23(2)29(22)18-30(39-34(43)44-35(4,5)6)33(42)40(21-26-12-10-11-25(17-26)19-36)24(3)32-37-20-31(38-32)27-13-8-7-9-14-27/h7-17,20,24,30,41H,18,21H2,1-6H3,(H,37,38)(H,39,43)/t24-,30-/m0/s1. The SMILES string of the molecule is Cc1cc(O)cc(C)c1C[C@H](NC(=O)OC(C)(C)C)C(=O)N(Cc1cccc(C#N)c1)[C@@H](C)c1nc(-c2ccccc2)c[nH]1. The minimum absolute atomic E-state index is 0.131. The molecule has 0 aliphatic heterocycles. The van der Waals surface area contributed by atoms with Gasteiger partial charge in [-0.15, -0.1) is 0 Å². The van der Waals surface area contributed by atoms with Crippen LogP contribution in [0.4, 0.5) is 4.79 Å². The van der Waals surface area contributed by atoms with Crippen molar-refractivity contribution in [3.63, 3.8) is 0 Å². The predicted octanol–water partition coefficient (Wildman–Crippen LogP) is 6.50. The maximum atomic E-state index is 14.6. The van der Waals surface area contributed by atoms with E-state index < -0.39 is 23.8 Å². The minimum atomic E-state index is -1.00. The molecule has 0 unspecified atom stereocenters. The number of nitrogens with one attached hydrogen (secondary N) is 2. The number of ether oxygens (including phenoxy) is 1. The summed E-state index contributed by atoms with van der Waals surface area (Å²) in [6.45, 7) is 11.0. The van der Waals surface area contributed by atoms with Crippen LogP contribution in [0.15, 0.2) is 72.9 Å². The van der Waals surface area contributed by atoms with Crippen molar-refractivity contribution in [2.75, 3.05) is 0 Å². The number of aromatic nitrogens is 2. The second kappa shape index (κ2) is 13.5. The van der Waals surface area contributed by atoms with Gasteiger partial charge in [-0.25, -0.2) is 9.78 Å². The highest BCUT2D eigenvalue weighted by atomic mass is 16.6. The molecule has 3 aromatic carbocycles. The summed E-state index contributed by atoms with van der Waals surface area (Å²) >= 11 is 0. The molecule has 4 rings (SSSR count). The number of phenols is 1. The van der Waals surface area contributed by atoms with Crippen LogP contribution in [0.2, 0.25) is 0 Å². The Hall–Kier alpha value is -5.10. The van der Waals surface area contributed by atoms with Gasteiger partial charge in [0.25, 0.3) is 0 Å². The maximum absolute atomic E-state index is 14.6. The zero-order chi connectivity index (χ0) is 32.0. The average molecular weight is 594 g/mol. The Kier molecular flexibility index (Phi) is 9.74. The summed E-state index contributed by atoms with van der Waals surface area (Å²) in [5, 5.41) is 22.4. The lowest BCUT2D eigenvalue weighted by Gasteiger charge is -2.33. The smallest absolute Gasteiger partial charge is 0.408 e. The summed E-state index contributed by atoms with van der Waals surface area (Å²) in [5.41, 5.74) is 4.57. The highest BCUT2D eigenvalue weighted by Crippen LogP contribution is 2.27. The summed E-state index contributed by atoms with van der Waals surface area (Å²) in [4.78, 5) is 37.3. The lowest BCUT2D eigenvalue weighted by molar-refractivity contribution is -0.136. The van der Waals surface area contributed by atoms with Crippen molar-refractivity contribution in [2.45, 2.75) is 72.2 Å². The monoisotopic (exact) mass is 593 g/mol. The number of hydrogen-bond donors (Lipinski definition) is 3. The summed E-state index contributed by atoms with van der Waals surface area (Å²) in [7, 11) is 0. The number of carbonyl (C=O) groups excluding carboxylic acids is 2. The third kappa shape index (κ3) is 8.04. The molecule has 0 spiro atoms. The fourth-order valence-corrected chi connectivity index (χ4v) is 5.14. The number of alkyl carbamates (subject to hydrolysis) is 1. The highest BCUT2D eigenvalue weighted by molar-refractivity contribution is 5.86. The lowest BCUT2D eigenvalue weighted by Crippen LogP contribution is -2.51. The number of carbonyl (C=O) groups is 2. The van der Waals surface area contributed by atoms with Crippen LogP contribution in [-0.2, 0) is 22.5 Å². The zero-order valence-electron chi connectivity index (χ0n) is 26.0. The summed E-state index contributed by atoms with van der Waals surface area (Å²) in [6.07, 6.45) is 1.26. The molecule has 0 saturated heterocycles. The van der Waals surface area contributed by atoms with E-state index in [0.29, 0.717) is 11.4 Å². The quantitative estimate of drug-likeness (QED) is 0.203. The van der Waals surface area contributed by atoms with Gasteiger partial charge in [0.15, 0.2) is 0 Å². The largest absolute Gasteiger partial charge is 0.508 e. The fraction of sp³-hybridized carbons (Fsp3) is 0.314. The Balaban J connectivity index is 1.75. The van der Waals surface area contributed by atoms with Crippen molar-refractivity contribution < 1.29 is 19.4 Å². The first-order valence-electron chi connectivity index (χ1n) is 14.5. The number of benzene rings is 3. The van der Waals surface area contributed by atoms with Gasteiger partial charge in [0.1, 0.15) is 23.2 Å². The Bertz CT molecular complexity index is 1640. The van der Waals surface area contributed by atoms with Crippen LogP contribution < -0.4 is 5.32 Å². The van der Waals surface area contributed by atoms with Crippen LogP contribution in [0.3, 0.4) is 0 Å². The van der Waals surface area contributed by atoms with E-state index in [9.17, 15) is 20.0 Å². The molecular weight excluding hydrogens is 554 g/mol. The number of rotatable bonds is 9. The molecule has 2 amide bonds. The van der Waals surface area contributed by atoms with Gasteiger partial charge in [-0.05, 0) is 88.1 Å². The lowest BCUT2D eigenvalue weighted by atomic mass is 9.95. The molecule has 3 N–H and O–H groups in total. The molecule has 0 bridgehead atoms. The summed E-state index contributed by atoms with van der Waals surface area (Å²) < 4.78 is 5.55. The molecule has 0 saturated carbocycles. The Labute approximate surface area is 258 Å². The van der Waals surface area contributed by atoms with Crippen LogP contribution in [0.1, 0.15) is 67.4 Å². The van der Waals surface area contributed by atoms with Crippen LogP contribution in [0.5, 0.6) is 5.75 Å².